The first-order valence-corrected chi connectivity index (χ1v) is 10.4. The predicted octanol–water partition coefficient (Wildman–Crippen LogP) is 4.02. The van der Waals surface area contributed by atoms with Crippen molar-refractivity contribution >= 4 is 53.3 Å². The van der Waals surface area contributed by atoms with Crippen molar-refractivity contribution in [2.45, 2.75) is 30.8 Å². The molecule has 1 aliphatic heterocycles. The summed E-state index contributed by atoms with van der Waals surface area (Å²) in [5.74, 6) is 0.985. The molecule has 1 fully saturated rings. The topological polar surface area (TPSA) is 56.7 Å². The van der Waals surface area contributed by atoms with Crippen LogP contribution in [0.2, 0.25) is 0 Å². The molecule has 5 nitrogen and oxygen atoms in total. The summed E-state index contributed by atoms with van der Waals surface area (Å²) < 4.78 is 0. The Labute approximate surface area is 188 Å². The molecule has 28 heavy (non-hydrogen) atoms. The molecule has 3 rings (SSSR count). The fourth-order valence-corrected chi connectivity index (χ4v) is 3.46. The van der Waals surface area contributed by atoms with Crippen molar-refractivity contribution in [3.05, 3.63) is 59.7 Å². The molecule has 0 unspecified atom stereocenters. The highest BCUT2D eigenvalue weighted by molar-refractivity contribution is 14.0. The van der Waals surface area contributed by atoms with Crippen LogP contribution in [-0.2, 0) is 17.9 Å². The normalized spacial score (nSPS) is 14.0. The molecule has 1 aliphatic rings. The number of hydrogen-bond acceptors (Lipinski definition) is 3. The largest absolute Gasteiger partial charge is 0.352 e. The second kappa shape index (κ2) is 11.3. The van der Waals surface area contributed by atoms with E-state index in [-0.39, 0.29) is 29.9 Å². The third-order valence-corrected chi connectivity index (χ3v) is 5.37. The highest BCUT2D eigenvalue weighted by Crippen LogP contribution is 2.21. The van der Waals surface area contributed by atoms with Crippen molar-refractivity contribution < 1.29 is 4.79 Å². The first-order chi connectivity index (χ1) is 13.2. The van der Waals surface area contributed by atoms with Gasteiger partial charge in [0, 0.05) is 43.7 Å². The van der Waals surface area contributed by atoms with Gasteiger partial charge in [-0.05, 0) is 48.1 Å². The molecule has 2 aromatic rings. The van der Waals surface area contributed by atoms with Crippen LogP contribution in [0.25, 0.3) is 0 Å². The Hall–Kier alpha value is -1.74. The maximum atomic E-state index is 11.8. The van der Waals surface area contributed by atoms with Gasteiger partial charge in [-0.3, -0.25) is 9.79 Å². The Morgan fingerprint density at radius 2 is 1.61 bits per heavy atom. The summed E-state index contributed by atoms with van der Waals surface area (Å²) in [5, 5.41) is 6.67. The maximum absolute atomic E-state index is 11.8. The summed E-state index contributed by atoms with van der Waals surface area (Å²) in [6, 6.07) is 16.7. The highest BCUT2D eigenvalue weighted by atomic mass is 127. The number of carbonyl (C=O) groups is 1. The fourth-order valence-electron chi connectivity index (χ4n) is 3.05. The molecule has 0 bridgehead atoms. The van der Waals surface area contributed by atoms with Crippen LogP contribution < -0.4 is 15.5 Å². The number of nitrogens with zero attached hydrogens (tertiary/aromatic N) is 2. The molecule has 0 radical (unpaired) electrons. The van der Waals surface area contributed by atoms with Gasteiger partial charge in [0.15, 0.2) is 5.96 Å². The zero-order valence-electron chi connectivity index (χ0n) is 16.3. The second-order valence-electron chi connectivity index (χ2n) is 6.44. The number of carbonyl (C=O) groups excluding carboxylic acids is 1. The summed E-state index contributed by atoms with van der Waals surface area (Å²) in [7, 11) is 1.77. The van der Waals surface area contributed by atoms with Gasteiger partial charge in [0.1, 0.15) is 0 Å². The van der Waals surface area contributed by atoms with Crippen molar-refractivity contribution in [3.63, 3.8) is 0 Å². The summed E-state index contributed by atoms with van der Waals surface area (Å²) >= 11 is 1.74. The zero-order valence-corrected chi connectivity index (χ0v) is 19.4. The molecule has 1 saturated heterocycles. The number of amides is 1. The quantitative estimate of drug-likeness (QED) is 0.267. The maximum Gasteiger partial charge on any atom is 0.227 e. The van der Waals surface area contributed by atoms with Gasteiger partial charge in [-0.25, -0.2) is 0 Å². The number of thioether (sulfide) groups is 1. The number of anilines is 1. The van der Waals surface area contributed by atoms with Crippen LogP contribution in [0.1, 0.15) is 24.0 Å². The van der Waals surface area contributed by atoms with Crippen LogP contribution >= 0.6 is 35.7 Å². The number of aliphatic imine (C=N–C) groups is 1. The van der Waals surface area contributed by atoms with E-state index in [1.54, 1.807) is 18.8 Å². The molecular weight excluding hydrogens is 483 g/mol. The first-order valence-electron chi connectivity index (χ1n) is 9.16. The molecule has 7 heteroatoms. The van der Waals surface area contributed by atoms with Crippen molar-refractivity contribution in [1.29, 1.82) is 0 Å². The Morgan fingerprint density at radius 1 is 1.04 bits per heavy atom. The average molecular weight is 510 g/mol. The van der Waals surface area contributed by atoms with Crippen LogP contribution in [0, 0.1) is 0 Å². The van der Waals surface area contributed by atoms with E-state index in [1.807, 2.05) is 17.0 Å². The van der Waals surface area contributed by atoms with E-state index < -0.39 is 0 Å². The second-order valence-corrected chi connectivity index (χ2v) is 7.32. The highest BCUT2D eigenvalue weighted by Gasteiger charge is 2.21. The van der Waals surface area contributed by atoms with E-state index in [2.05, 4.69) is 58.3 Å². The molecular formula is C21H27IN4OS. The zero-order chi connectivity index (χ0) is 19.1. The first kappa shape index (κ1) is 22.5. The van der Waals surface area contributed by atoms with Gasteiger partial charge in [-0.1, -0.05) is 24.3 Å². The third kappa shape index (κ3) is 6.13. The Balaban J connectivity index is 0.00000280. The molecule has 0 spiro atoms. The monoisotopic (exact) mass is 510 g/mol. The molecule has 1 heterocycles. The van der Waals surface area contributed by atoms with E-state index >= 15 is 0 Å². The van der Waals surface area contributed by atoms with Crippen molar-refractivity contribution in [2.75, 3.05) is 24.7 Å². The van der Waals surface area contributed by atoms with Crippen LogP contribution in [0.5, 0.6) is 0 Å². The lowest BCUT2D eigenvalue weighted by Crippen LogP contribution is -2.36. The molecule has 150 valence electrons. The molecule has 0 aromatic heterocycles. The average Bonchev–Trinajstić information content (AvgIpc) is 3.15. The molecule has 2 N–H and O–H groups in total. The summed E-state index contributed by atoms with van der Waals surface area (Å²) in [5.41, 5.74) is 3.35. The lowest BCUT2D eigenvalue weighted by atomic mass is 10.2. The molecule has 1 amide bonds. The van der Waals surface area contributed by atoms with E-state index in [0.717, 1.165) is 36.7 Å². The number of halogens is 1. The van der Waals surface area contributed by atoms with E-state index in [1.165, 1.54) is 10.5 Å². The number of benzene rings is 2. The van der Waals surface area contributed by atoms with E-state index in [9.17, 15) is 4.79 Å². The van der Waals surface area contributed by atoms with Crippen molar-refractivity contribution in [2.24, 2.45) is 4.99 Å². The van der Waals surface area contributed by atoms with Gasteiger partial charge in [-0.15, -0.1) is 35.7 Å². The van der Waals surface area contributed by atoms with Gasteiger partial charge in [0.25, 0.3) is 0 Å². The van der Waals surface area contributed by atoms with Gasteiger partial charge in [0.2, 0.25) is 5.91 Å². The molecule has 2 aromatic carbocycles. The van der Waals surface area contributed by atoms with Gasteiger partial charge >= 0.3 is 0 Å². The SMILES string of the molecule is CN=C(NCc1ccc(SC)cc1)NCc1ccc(N2CCCC2=O)cc1.I. The standard InChI is InChI=1S/C21H26N4OS.HI/c1-22-21(24-15-17-7-11-19(27-2)12-8-17)23-14-16-5-9-18(10-6-16)25-13-3-4-20(25)26;/h5-12H,3-4,13-15H2,1-2H3,(H2,22,23,24);1H. The van der Waals surface area contributed by atoms with E-state index in [4.69, 9.17) is 0 Å². The lowest BCUT2D eigenvalue weighted by molar-refractivity contribution is -0.117. The summed E-state index contributed by atoms with van der Waals surface area (Å²) in [6.45, 7) is 2.23. The predicted molar refractivity (Wildman–Crippen MR) is 129 cm³/mol. The fraction of sp³-hybridized carbons (Fsp3) is 0.333. The third-order valence-electron chi connectivity index (χ3n) is 4.62. The number of guanidine groups is 1. The number of hydrogen-bond donors (Lipinski definition) is 2. The smallest absolute Gasteiger partial charge is 0.227 e. The molecule has 0 saturated carbocycles. The van der Waals surface area contributed by atoms with Crippen LogP contribution in [0.3, 0.4) is 0 Å². The van der Waals surface area contributed by atoms with Crippen LogP contribution in [0.4, 0.5) is 5.69 Å². The molecule has 0 aliphatic carbocycles. The van der Waals surface area contributed by atoms with Gasteiger partial charge in [0.05, 0.1) is 0 Å². The van der Waals surface area contributed by atoms with Crippen molar-refractivity contribution in [3.8, 4) is 0 Å². The number of rotatable bonds is 6. The summed E-state index contributed by atoms with van der Waals surface area (Å²) in [6.07, 6.45) is 3.68. The number of nitrogens with one attached hydrogen (secondary N) is 2. The minimum atomic E-state index is 0. The Morgan fingerprint density at radius 3 is 2.07 bits per heavy atom. The Bertz CT molecular complexity index is 793. The van der Waals surface area contributed by atoms with Gasteiger partial charge < -0.3 is 15.5 Å². The minimum Gasteiger partial charge on any atom is -0.352 e. The summed E-state index contributed by atoms with van der Waals surface area (Å²) in [4.78, 5) is 19.2. The van der Waals surface area contributed by atoms with Crippen molar-refractivity contribution in [1.82, 2.24) is 10.6 Å². The lowest BCUT2D eigenvalue weighted by Gasteiger charge is -2.16. The van der Waals surface area contributed by atoms with Gasteiger partial charge in [-0.2, -0.15) is 0 Å². The van der Waals surface area contributed by atoms with E-state index in [0.29, 0.717) is 13.0 Å². The minimum absolute atomic E-state index is 0. The van der Waals surface area contributed by atoms with Crippen LogP contribution in [0.15, 0.2) is 58.4 Å². The molecule has 0 atom stereocenters. The Kier molecular flexibility index (Phi) is 9.11. The van der Waals surface area contributed by atoms with Crippen LogP contribution in [-0.4, -0.2) is 31.7 Å².